The van der Waals surface area contributed by atoms with Gasteiger partial charge < -0.3 is 29.2 Å². The molecular formula is C34H36O6. The van der Waals surface area contributed by atoms with Crippen LogP contribution < -0.4 is 18.9 Å². The second-order valence-corrected chi connectivity index (χ2v) is 10.2. The lowest BCUT2D eigenvalue weighted by atomic mass is 9.59. The number of ether oxygens (including phenoxy) is 4. The molecular weight excluding hydrogens is 504 g/mol. The van der Waals surface area contributed by atoms with Crippen molar-refractivity contribution in [3.05, 3.63) is 119 Å². The Labute approximate surface area is 235 Å². The summed E-state index contributed by atoms with van der Waals surface area (Å²) in [5, 5.41) is 24.0. The standard InChI is InChI=1S/C34H36O6/c1-37-29-16-15-22(18-30(29)38-2)33-26-20-32(40-4)31(39-3)19-23(26)17-28(27(33)21-35)34(36,24-11-7-5-8-12-24)25-13-9-6-10-14-25/h5-16,18-20,27-28,33,35-36H,17,21H2,1-4H3/t27-,28+,33-/m0/s1. The van der Waals surface area contributed by atoms with Crippen LogP contribution in [0.15, 0.2) is 91.0 Å². The first kappa shape index (κ1) is 27.6. The minimum atomic E-state index is -1.38. The van der Waals surface area contributed by atoms with Gasteiger partial charge in [-0.25, -0.2) is 0 Å². The quantitative estimate of drug-likeness (QED) is 0.289. The molecule has 0 spiro atoms. The predicted octanol–water partition coefficient (Wildman–Crippen LogP) is 5.57. The summed E-state index contributed by atoms with van der Waals surface area (Å²) in [7, 11) is 6.46. The van der Waals surface area contributed by atoms with Gasteiger partial charge in [0.05, 0.1) is 28.4 Å². The third-order valence-electron chi connectivity index (χ3n) is 8.31. The fraction of sp³-hybridized carbons (Fsp3) is 0.294. The topological polar surface area (TPSA) is 77.4 Å². The van der Waals surface area contributed by atoms with Gasteiger partial charge in [-0.15, -0.1) is 0 Å². The Balaban J connectivity index is 1.78. The Morgan fingerprint density at radius 3 is 1.73 bits per heavy atom. The van der Waals surface area contributed by atoms with Gasteiger partial charge in [0.2, 0.25) is 0 Å². The van der Waals surface area contributed by atoms with E-state index in [-0.39, 0.29) is 24.4 Å². The van der Waals surface area contributed by atoms with Gasteiger partial charge >= 0.3 is 0 Å². The first-order valence-corrected chi connectivity index (χ1v) is 13.4. The van der Waals surface area contributed by atoms with Gasteiger partial charge in [0.15, 0.2) is 23.0 Å². The Morgan fingerprint density at radius 1 is 0.675 bits per heavy atom. The average molecular weight is 541 g/mol. The highest BCUT2D eigenvalue weighted by molar-refractivity contribution is 5.55. The molecule has 40 heavy (non-hydrogen) atoms. The van der Waals surface area contributed by atoms with Crippen LogP contribution in [-0.4, -0.2) is 45.3 Å². The highest BCUT2D eigenvalue weighted by Crippen LogP contribution is 2.54. The van der Waals surface area contributed by atoms with Crippen LogP contribution in [0, 0.1) is 11.8 Å². The molecule has 0 heterocycles. The average Bonchev–Trinajstić information content (AvgIpc) is 3.03. The van der Waals surface area contributed by atoms with Gasteiger partial charge in [-0.3, -0.25) is 0 Å². The van der Waals surface area contributed by atoms with E-state index in [0.29, 0.717) is 29.4 Å². The molecule has 0 fully saturated rings. The van der Waals surface area contributed by atoms with Crippen LogP contribution in [0.5, 0.6) is 23.0 Å². The maximum Gasteiger partial charge on any atom is 0.161 e. The first-order valence-electron chi connectivity index (χ1n) is 13.4. The lowest BCUT2D eigenvalue weighted by Crippen LogP contribution is -2.47. The van der Waals surface area contributed by atoms with E-state index in [1.165, 1.54) is 0 Å². The molecule has 208 valence electrons. The van der Waals surface area contributed by atoms with Crippen molar-refractivity contribution in [3.63, 3.8) is 0 Å². The minimum Gasteiger partial charge on any atom is -0.493 e. The Bertz CT molecular complexity index is 1400. The van der Waals surface area contributed by atoms with Crippen molar-refractivity contribution in [1.29, 1.82) is 0 Å². The van der Waals surface area contributed by atoms with Gasteiger partial charge in [-0.05, 0) is 64.4 Å². The van der Waals surface area contributed by atoms with E-state index in [9.17, 15) is 10.2 Å². The van der Waals surface area contributed by atoms with Crippen LogP contribution in [0.1, 0.15) is 33.7 Å². The summed E-state index contributed by atoms with van der Waals surface area (Å²) in [6.45, 7) is -0.139. The van der Waals surface area contributed by atoms with Crippen LogP contribution >= 0.6 is 0 Å². The fourth-order valence-electron chi connectivity index (χ4n) is 6.40. The molecule has 4 aromatic rings. The normalized spacial score (nSPS) is 18.5. The number of hydrogen-bond acceptors (Lipinski definition) is 6. The summed E-state index contributed by atoms with van der Waals surface area (Å²) in [5.74, 6) is 1.44. The van der Waals surface area contributed by atoms with Gasteiger partial charge in [0.1, 0.15) is 5.60 Å². The summed E-state index contributed by atoms with van der Waals surface area (Å²) in [4.78, 5) is 0. The van der Waals surface area contributed by atoms with Gasteiger partial charge in [0.25, 0.3) is 0 Å². The van der Waals surface area contributed by atoms with Gasteiger partial charge in [-0.1, -0.05) is 66.7 Å². The molecule has 0 saturated carbocycles. The van der Waals surface area contributed by atoms with Crippen LogP contribution in [0.4, 0.5) is 0 Å². The number of benzene rings is 4. The van der Waals surface area contributed by atoms with Crippen molar-refractivity contribution >= 4 is 0 Å². The first-order chi connectivity index (χ1) is 19.5. The predicted molar refractivity (Wildman–Crippen MR) is 155 cm³/mol. The third kappa shape index (κ3) is 4.67. The molecule has 0 bridgehead atoms. The summed E-state index contributed by atoms with van der Waals surface area (Å²) < 4.78 is 22.5. The molecule has 0 unspecified atom stereocenters. The van der Waals surface area contributed by atoms with E-state index in [4.69, 9.17) is 18.9 Å². The number of aliphatic hydroxyl groups excluding tert-OH is 1. The maximum atomic E-state index is 12.9. The van der Waals surface area contributed by atoms with E-state index in [1.807, 2.05) is 91.0 Å². The number of fused-ring (bicyclic) bond motifs is 1. The van der Waals surface area contributed by atoms with Crippen molar-refractivity contribution in [3.8, 4) is 23.0 Å². The van der Waals surface area contributed by atoms with Gasteiger partial charge in [-0.2, -0.15) is 0 Å². The zero-order valence-corrected chi connectivity index (χ0v) is 23.3. The van der Waals surface area contributed by atoms with Crippen LogP contribution in [0.2, 0.25) is 0 Å². The summed E-state index contributed by atoms with van der Waals surface area (Å²) >= 11 is 0. The number of aliphatic hydroxyl groups is 2. The van der Waals surface area contributed by atoms with E-state index >= 15 is 0 Å². The molecule has 0 aliphatic heterocycles. The fourth-order valence-corrected chi connectivity index (χ4v) is 6.40. The van der Waals surface area contributed by atoms with Crippen molar-refractivity contribution in [2.24, 2.45) is 11.8 Å². The van der Waals surface area contributed by atoms with Crippen molar-refractivity contribution in [1.82, 2.24) is 0 Å². The number of methoxy groups -OCH3 is 4. The lowest BCUT2D eigenvalue weighted by Gasteiger charge is -2.47. The van der Waals surface area contributed by atoms with E-state index in [2.05, 4.69) is 0 Å². The zero-order valence-electron chi connectivity index (χ0n) is 23.3. The van der Waals surface area contributed by atoms with E-state index in [1.54, 1.807) is 28.4 Å². The van der Waals surface area contributed by atoms with Crippen LogP contribution in [0.3, 0.4) is 0 Å². The molecule has 6 heteroatoms. The molecule has 6 nitrogen and oxygen atoms in total. The zero-order chi connectivity index (χ0) is 28.3. The minimum absolute atomic E-state index is 0.139. The lowest BCUT2D eigenvalue weighted by molar-refractivity contribution is -0.0336. The van der Waals surface area contributed by atoms with Crippen molar-refractivity contribution in [2.45, 2.75) is 17.9 Å². The van der Waals surface area contributed by atoms with Crippen molar-refractivity contribution in [2.75, 3.05) is 35.0 Å². The summed E-state index contributed by atoms with van der Waals surface area (Å²) in [6.07, 6.45) is 0.519. The molecule has 3 atom stereocenters. The van der Waals surface area contributed by atoms with E-state index < -0.39 is 5.60 Å². The molecule has 0 aromatic heterocycles. The second kappa shape index (κ2) is 11.6. The Morgan fingerprint density at radius 2 is 1.20 bits per heavy atom. The SMILES string of the molecule is COc1ccc([C@H]2c3cc(OC)c(OC)cc3C[C@@H](C(O)(c3ccccc3)c3ccccc3)[C@@H]2CO)cc1OC. The smallest absolute Gasteiger partial charge is 0.161 e. The molecule has 0 saturated heterocycles. The molecule has 2 N–H and O–H groups in total. The number of hydrogen-bond donors (Lipinski definition) is 2. The molecule has 0 amide bonds. The molecule has 0 radical (unpaired) electrons. The molecule has 5 rings (SSSR count). The Kier molecular flexibility index (Phi) is 8.01. The Hall–Kier alpha value is -4.00. The maximum absolute atomic E-state index is 12.9. The molecule has 1 aliphatic carbocycles. The van der Waals surface area contributed by atoms with Crippen LogP contribution in [0.25, 0.3) is 0 Å². The largest absolute Gasteiger partial charge is 0.493 e. The summed E-state index contributed by atoms with van der Waals surface area (Å²) in [6, 6.07) is 29.3. The highest BCUT2D eigenvalue weighted by Gasteiger charge is 2.50. The third-order valence-corrected chi connectivity index (χ3v) is 8.31. The van der Waals surface area contributed by atoms with Crippen molar-refractivity contribution < 1.29 is 29.2 Å². The monoisotopic (exact) mass is 540 g/mol. The van der Waals surface area contributed by atoms with Crippen LogP contribution in [-0.2, 0) is 12.0 Å². The van der Waals surface area contributed by atoms with Gasteiger partial charge in [0, 0.05) is 18.4 Å². The number of rotatable bonds is 9. The second-order valence-electron chi connectivity index (χ2n) is 10.2. The molecule has 1 aliphatic rings. The summed E-state index contributed by atoms with van der Waals surface area (Å²) in [5.41, 5.74) is 3.16. The van der Waals surface area contributed by atoms with E-state index in [0.717, 1.165) is 27.8 Å². The molecule has 4 aromatic carbocycles. The highest BCUT2D eigenvalue weighted by atomic mass is 16.5.